The number of rotatable bonds is 10. The van der Waals surface area contributed by atoms with Crippen LogP contribution in [0.2, 0.25) is 10.0 Å². The maximum absolute atomic E-state index is 13.4. The average Bonchev–Trinajstić information content (AvgIpc) is 2.99. The van der Waals surface area contributed by atoms with Gasteiger partial charge in [0.1, 0.15) is 18.9 Å². The Hall–Kier alpha value is -4.37. The first kappa shape index (κ1) is 29.1. The molecule has 0 fully saturated rings. The van der Waals surface area contributed by atoms with Gasteiger partial charge in [-0.1, -0.05) is 83.9 Å². The molecule has 5 aromatic carbocycles. The molecule has 0 heterocycles. The number of nitrogens with one attached hydrogen (secondary N) is 1. The van der Waals surface area contributed by atoms with E-state index in [0.29, 0.717) is 17.9 Å². The van der Waals surface area contributed by atoms with Crippen LogP contribution in [0, 0.1) is 0 Å². The summed E-state index contributed by atoms with van der Waals surface area (Å²) in [6.07, 6.45) is 1.46. The summed E-state index contributed by atoms with van der Waals surface area (Å²) in [5.41, 5.74) is 4.34. The van der Waals surface area contributed by atoms with Gasteiger partial charge in [0.05, 0.1) is 16.8 Å². The number of hydrogen-bond donors (Lipinski definition) is 1. The Kier molecular flexibility index (Phi) is 9.07. The van der Waals surface area contributed by atoms with E-state index in [0.717, 1.165) is 20.6 Å². The van der Waals surface area contributed by atoms with Crippen molar-refractivity contribution in [2.45, 2.75) is 11.5 Å². The molecular weight excluding hydrogens is 593 g/mol. The van der Waals surface area contributed by atoms with Crippen molar-refractivity contribution < 1.29 is 17.9 Å². The van der Waals surface area contributed by atoms with Gasteiger partial charge in [-0.3, -0.25) is 9.10 Å². The normalized spacial score (nSPS) is 11.5. The van der Waals surface area contributed by atoms with Crippen molar-refractivity contribution in [1.29, 1.82) is 0 Å². The van der Waals surface area contributed by atoms with Crippen molar-refractivity contribution in [2.75, 3.05) is 10.8 Å². The molecule has 5 rings (SSSR count). The van der Waals surface area contributed by atoms with Crippen molar-refractivity contribution in [3.63, 3.8) is 0 Å². The largest absolute Gasteiger partial charge is 0.489 e. The maximum atomic E-state index is 13.4. The summed E-state index contributed by atoms with van der Waals surface area (Å²) in [7, 11) is -4.11. The highest BCUT2D eigenvalue weighted by Crippen LogP contribution is 2.29. The highest BCUT2D eigenvalue weighted by Gasteiger charge is 2.27. The predicted octanol–water partition coefficient (Wildman–Crippen LogP) is 7.07. The molecule has 0 spiro atoms. The molecule has 0 aliphatic carbocycles. The molecule has 7 nitrogen and oxygen atoms in total. The van der Waals surface area contributed by atoms with Gasteiger partial charge in [-0.2, -0.15) is 5.10 Å². The van der Waals surface area contributed by atoms with Crippen LogP contribution in [0.4, 0.5) is 5.69 Å². The lowest BCUT2D eigenvalue weighted by Crippen LogP contribution is -2.39. The van der Waals surface area contributed by atoms with Gasteiger partial charge in [-0.15, -0.1) is 0 Å². The van der Waals surface area contributed by atoms with Crippen molar-refractivity contribution in [3.05, 3.63) is 136 Å². The first-order chi connectivity index (χ1) is 20.3. The van der Waals surface area contributed by atoms with Crippen molar-refractivity contribution in [2.24, 2.45) is 5.10 Å². The highest BCUT2D eigenvalue weighted by molar-refractivity contribution is 7.92. The third-order valence-electron chi connectivity index (χ3n) is 6.31. The monoisotopic (exact) mass is 617 g/mol. The number of ether oxygens (including phenoxy) is 1. The first-order valence-corrected chi connectivity index (χ1v) is 15.0. The molecule has 0 atom stereocenters. The Labute approximate surface area is 254 Å². The van der Waals surface area contributed by atoms with Crippen LogP contribution in [-0.2, 0) is 21.4 Å². The standard InChI is InChI=1S/C32H25Cl2N3O4S/c33-26-17-27(34)19-28(18-26)37(42(39,40)30-10-2-1-3-11-30)21-32(38)36-35-20-23-13-15-29(16-14-23)41-22-25-9-6-8-24-7-4-5-12-31(24)25/h1-20H,21-22H2,(H,36,38)/b35-20-. The van der Waals surface area contributed by atoms with E-state index in [1.165, 1.54) is 36.5 Å². The molecule has 0 saturated carbocycles. The van der Waals surface area contributed by atoms with E-state index in [4.69, 9.17) is 27.9 Å². The highest BCUT2D eigenvalue weighted by atomic mass is 35.5. The lowest BCUT2D eigenvalue weighted by molar-refractivity contribution is -0.119. The van der Waals surface area contributed by atoms with E-state index in [1.807, 2.05) is 36.4 Å². The van der Waals surface area contributed by atoms with Gasteiger partial charge in [-0.05, 0) is 76.5 Å². The number of carbonyl (C=O) groups is 1. The Morgan fingerprint density at radius 2 is 1.50 bits per heavy atom. The molecule has 0 aliphatic heterocycles. The number of hydrazone groups is 1. The molecular formula is C32H25Cl2N3O4S. The fraction of sp³-hybridized carbons (Fsp3) is 0.0625. The molecule has 0 aromatic heterocycles. The number of anilines is 1. The van der Waals surface area contributed by atoms with Crippen LogP contribution in [0.5, 0.6) is 5.75 Å². The van der Waals surface area contributed by atoms with Crippen LogP contribution in [0.25, 0.3) is 10.8 Å². The molecule has 1 amide bonds. The van der Waals surface area contributed by atoms with Gasteiger partial charge >= 0.3 is 0 Å². The third-order valence-corrected chi connectivity index (χ3v) is 8.54. The zero-order valence-corrected chi connectivity index (χ0v) is 24.5. The van der Waals surface area contributed by atoms with E-state index >= 15 is 0 Å². The van der Waals surface area contributed by atoms with Gasteiger partial charge in [0.25, 0.3) is 15.9 Å². The number of sulfonamides is 1. The molecule has 1 N–H and O–H groups in total. The van der Waals surface area contributed by atoms with Gasteiger partial charge in [0, 0.05) is 10.0 Å². The Morgan fingerprint density at radius 1 is 0.833 bits per heavy atom. The number of carbonyl (C=O) groups excluding carboxylic acids is 1. The van der Waals surface area contributed by atoms with E-state index in [9.17, 15) is 13.2 Å². The van der Waals surface area contributed by atoms with Crippen molar-refractivity contribution in [1.82, 2.24) is 5.43 Å². The van der Waals surface area contributed by atoms with Gasteiger partial charge in [-0.25, -0.2) is 13.8 Å². The second-order valence-corrected chi connectivity index (χ2v) is 12.0. The summed E-state index contributed by atoms with van der Waals surface area (Å²) in [5, 5.41) is 6.76. The minimum atomic E-state index is -4.11. The quantitative estimate of drug-likeness (QED) is 0.134. The predicted molar refractivity (Wildman–Crippen MR) is 168 cm³/mol. The van der Waals surface area contributed by atoms with Crippen LogP contribution in [0.1, 0.15) is 11.1 Å². The SMILES string of the molecule is O=C(CN(c1cc(Cl)cc(Cl)c1)S(=O)(=O)c1ccccc1)N/N=C\c1ccc(OCc2cccc3ccccc23)cc1. The summed E-state index contributed by atoms with van der Waals surface area (Å²) in [6.45, 7) is -0.128. The molecule has 0 unspecified atom stereocenters. The van der Waals surface area contributed by atoms with Gasteiger partial charge in [0.2, 0.25) is 0 Å². The summed E-state index contributed by atoms with van der Waals surface area (Å²) >= 11 is 12.2. The Bertz CT molecular complexity index is 1820. The van der Waals surface area contributed by atoms with E-state index in [-0.39, 0.29) is 20.6 Å². The smallest absolute Gasteiger partial charge is 0.264 e. The lowest BCUT2D eigenvalue weighted by Gasteiger charge is -2.24. The molecule has 10 heteroatoms. The number of nitrogens with zero attached hydrogens (tertiary/aromatic N) is 2. The maximum Gasteiger partial charge on any atom is 0.264 e. The van der Waals surface area contributed by atoms with Crippen LogP contribution in [-0.4, -0.2) is 27.1 Å². The fourth-order valence-corrected chi connectivity index (χ4v) is 6.23. The van der Waals surface area contributed by atoms with Crippen LogP contribution >= 0.6 is 23.2 Å². The zero-order valence-electron chi connectivity index (χ0n) is 22.2. The number of amides is 1. The average molecular weight is 619 g/mol. The zero-order chi connectivity index (χ0) is 29.5. The summed E-state index contributed by atoms with van der Waals surface area (Å²) in [6, 6.07) is 33.6. The van der Waals surface area contributed by atoms with Crippen LogP contribution in [0.15, 0.2) is 125 Å². The molecule has 0 aliphatic rings. The third kappa shape index (κ3) is 7.09. The lowest BCUT2D eigenvalue weighted by atomic mass is 10.1. The first-order valence-electron chi connectivity index (χ1n) is 12.8. The Balaban J connectivity index is 1.23. The number of halogens is 2. The van der Waals surface area contributed by atoms with E-state index in [1.54, 1.807) is 30.3 Å². The minimum absolute atomic E-state index is 0.0140. The fourth-order valence-electron chi connectivity index (χ4n) is 4.29. The number of benzene rings is 5. The van der Waals surface area contributed by atoms with E-state index in [2.05, 4.69) is 28.7 Å². The van der Waals surface area contributed by atoms with Crippen molar-refractivity contribution >= 4 is 61.8 Å². The number of fused-ring (bicyclic) bond motifs is 1. The van der Waals surface area contributed by atoms with Crippen LogP contribution < -0.4 is 14.5 Å². The molecule has 42 heavy (non-hydrogen) atoms. The number of hydrogen-bond acceptors (Lipinski definition) is 5. The summed E-state index contributed by atoms with van der Waals surface area (Å²) in [4.78, 5) is 12.8. The topological polar surface area (TPSA) is 88.1 Å². The summed E-state index contributed by atoms with van der Waals surface area (Å²) in [5.74, 6) is 0.0305. The summed E-state index contributed by atoms with van der Waals surface area (Å²) < 4.78 is 33.8. The van der Waals surface area contributed by atoms with E-state index < -0.39 is 22.5 Å². The van der Waals surface area contributed by atoms with Gasteiger partial charge in [0.15, 0.2) is 0 Å². The van der Waals surface area contributed by atoms with Crippen molar-refractivity contribution in [3.8, 4) is 5.75 Å². The molecule has 0 bridgehead atoms. The molecule has 0 saturated heterocycles. The van der Waals surface area contributed by atoms with Gasteiger partial charge < -0.3 is 4.74 Å². The molecule has 5 aromatic rings. The van der Waals surface area contributed by atoms with Crippen LogP contribution in [0.3, 0.4) is 0 Å². The second kappa shape index (κ2) is 13.1. The molecule has 212 valence electrons. The second-order valence-electron chi connectivity index (χ2n) is 9.24. The molecule has 0 radical (unpaired) electrons. The minimum Gasteiger partial charge on any atom is -0.489 e. The Morgan fingerprint density at radius 3 is 2.24 bits per heavy atom.